The SMILES string of the molecule is C[C@H](CC(=O)OCc1ccccc1)OC(=O)C[C@@H](C)OC(=O)Cc1cc(=O)oc2cc(N(C)C)ccc12. The Morgan fingerprint density at radius 3 is 2.19 bits per heavy atom. The average molecular weight is 510 g/mol. The van der Waals surface area contributed by atoms with Crippen molar-refractivity contribution in [1.82, 2.24) is 0 Å². The molecular formula is C28H31NO8. The maximum atomic E-state index is 12.5. The third-order valence-corrected chi connectivity index (χ3v) is 5.48. The molecule has 2 aromatic carbocycles. The Kier molecular flexibility index (Phi) is 9.43. The number of rotatable bonds is 11. The van der Waals surface area contributed by atoms with Crippen molar-refractivity contribution in [2.45, 2.75) is 51.9 Å². The summed E-state index contributed by atoms with van der Waals surface area (Å²) in [5.41, 5.74) is 1.98. The fourth-order valence-electron chi connectivity index (χ4n) is 3.69. The average Bonchev–Trinajstić information content (AvgIpc) is 2.82. The fourth-order valence-corrected chi connectivity index (χ4v) is 3.69. The summed E-state index contributed by atoms with van der Waals surface area (Å²) in [7, 11) is 3.73. The van der Waals surface area contributed by atoms with Crippen molar-refractivity contribution in [3.63, 3.8) is 0 Å². The minimum Gasteiger partial charge on any atom is -0.462 e. The first-order chi connectivity index (χ1) is 17.6. The third kappa shape index (κ3) is 8.49. The molecule has 3 rings (SSSR count). The molecule has 196 valence electrons. The van der Waals surface area contributed by atoms with Gasteiger partial charge in [-0.25, -0.2) is 4.79 Å². The predicted octanol–water partition coefficient (Wildman–Crippen LogP) is 3.79. The molecular weight excluding hydrogens is 478 g/mol. The molecule has 0 saturated carbocycles. The van der Waals surface area contributed by atoms with Crippen LogP contribution in [0.4, 0.5) is 5.69 Å². The zero-order valence-electron chi connectivity index (χ0n) is 21.4. The van der Waals surface area contributed by atoms with Gasteiger partial charge in [-0.3, -0.25) is 14.4 Å². The Morgan fingerprint density at radius 2 is 1.51 bits per heavy atom. The lowest BCUT2D eigenvalue weighted by Gasteiger charge is -2.16. The first kappa shape index (κ1) is 27.4. The van der Waals surface area contributed by atoms with E-state index < -0.39 is 35.7 Å². The van der Waals surface area contributed by atoms with E-state index in [1.165, 1.54) is 6.07 Å². The molecule has 0 unspecified atom stereocenters. The standard InChI is InChI=1S/C28H31NO8/c1-18(12-25(30)34-17-20-8-6-5-7-9-20)35-26(31)13-19(2)36-27(32)14-21-15-28(33)37-24-16-22(29(3)4)10-11-23(21)24/h5-11,15-16,18-19H,12-14,17H2,1-4H3/t18-,19-/m1/s1. The Hall–Kier alpha value is -4.14. The second-order valence-electron chi connectivity index (χ2n) is 9.00. The molecule has 0 spiro atoms. The number of hydrogen-bond acceptors (Lipinski definition) is 9. The summed E-state index contributed by atoms with van der Waals surface area (Å²) in [5.74, 6) is -1.69. The van der Waals surface area contributed by atoms with Crippen molar-refractivity contribution in [1.29, 1.82) is 0 Å². The lowest BCUT2D eigenvalue weighted by Crippen LogP contribution is -2.25. The van der Waals surface area contributed by atoms with Crippen molar-refractivity contribution in [2.24, 2.45) is 0 Å². The van der Waals surface area contributed by atoms with Crippen LogP contribution in [0.5, 0.6) is 0 Å². The summed E-state index contributed by atoms with van der Waals surface area (Å²) in [4.78, 5) is 50.6. The van der Waals surface area contributed by atoms with Gasteiger partial charge in [0.05, 0.1) is 19.3 Å². The number of fused-ring (bicyclic) bond motifs is 1. The van der Waals surface area contributed by atoms with Crippen LogP contribution in [-0.2, 0) is 41.6 Å². The summed E-state index contributed by atoms with van der Waals surface area (Å²) in [6.45, 7) is 3.30. The highest BCUT2D eigenvalue weighted by molar-refractivity contribution is 5.87. The molecule has 0 saturated heterocycles. The van der Waals surface area contributed by atoms with Crippen LogP contribution in [0.1, 0.15) is 37.8 Å². The maximum Gasteiger partial charge on any atom is 0.336 e. The quantitative estimate of drug-likeness (QED) is 0.216. The van der Waals surface area contributed by atoms with Crippen LogP contribution in [-0.4, -0.2) is 44.2 Å². The molecule has 3 aromatic rings. The third-order valence-electron chi connectivity index (χ3n) is 5.48. The monoisotopic (exact) mass is 509 g/mol. The van der Waals surface area contributed by atoms with E-state index in [1.807, 2.05) is 55.4 Å². The Bertz CT molecular complexity index is 1300. The van der Waals surface area contributed by atoms with Gasteiger partial charge in [-0.2, -0.15) is 0 Å². The minimum atomic E-state index is -0.760. The summed E-state index contributed by atoms with van der Waals surface area (Å²) in [5, 5.41) is 0.627. The second kappa shape index (κ2) is 12.7. The van der Waals surface area contributed by atoms with Gasteiger partial charge >= 0.3 is 23.5 Å². The summed E-state index contributed by atoms with van der Waals surface area (Å²) >= 11 is 0. The Balaban J connectivity index is 1.47. The van der Waals surface area contributed by atoms with Gasteiger partial charge in [0.25, 0.3) is 0 Å². The number of hydrogen-bond donors (Lipinski definition) is 0. The van der Waals surface area contributed by atoms with Gasteiger partial charge < -0.3 is 23.5 Å². The largest absolute Gasteiger partial charge is 0.462 e. The van der Waals surface area contributed by atoms with Crippen molar-refractivity contribution >= 4 is 34.6 Å². The summed E-state index contributed by atoms with van der Waals surface area (Å²) in [6.07, 6.45) is -1.89. The summed E-state index contributed by atoms with van der Waals surface area (Å²) in [6, 6.07) is 15.9. The molecule has 0 aliphatic heterocycles. The lowest BCUT2D eigenvalue weighted by atomic mass is 10.1. The molecule has 0 radical (unpaired) electrons. The molecule has 2 atom stereocenters. The molecule has 0 aliphatic carbocycles. The van der Waals surface area contributed by atoms with Crippen LogP contribution in [0.15, 0.2) is 63.8 Å². The van der Waals surface area contributed by atoms with Gasteiger partial charge in [0.2, 0.25) is 0 Å². The van der Waals surface area contributed by atoms with Gasteiger partial charge in [-0.1, -0.05) is 30.3 Å². The fraction of sp³-hybridized carbons (Fsp3) is 0.357. The van der Waals surface area contributed by atoms with E-state index in [1.54, 1.807) is 26.0 Å². The van der Waals surface area contributed by atoms with Crippen LogP contribution in [0.2, 0.25) is 0 Å². The number of ether oxygens (including phenoxy) is 3. The first-order valence-electron chi connectivity index (χ1n) is 11.9. The Morgan fingerprint density at radius 1 is 0.865 bits per heavy atom. The number of nitrogens with zero attached hydrogens (tertiary/aromatic N) is 1. The molecule has 0 N–H and O–H groups in total. The molecule has 0 fully saturated rings. The van der Waals surface area contributed by atoms with E-state index >= 15 is 0 Å². The molecule has 0 bridgehead atoms. The first-order valence-corrected chi connectivity index (χ1v) is 11.9. The van der Waals surface area contributed by atoms with Gasteiger partial charge in [-0.05, 0) is 37.1 Å². The van der Waals surface area contributed by atoms with E-state index in [2.05, 4.69) is 0 Å². The zero-order valence-corrected chi connectivity index (χ0v) is 21.4. The highest BCUT2D eigenvalue weighted by Crippen LogP contribution is 2.23. The number of carbonyl (C=O) groups excluding carboxylic acids is 3. The highest BCUT2D eigenvalue weighted by atomic mass is 16.6. The van der Waals surface area contributed by atoms with Crippen LogP contribution < -0.4 is 10.5 Å². The van der Waals surface area contributed by atoms with E-state index in [9.17, 15) is 19.2 Å². The molecule has 9 nitrogen and oxygen atoms in total. The van der Waals surface area contributed by atoms with E-state index in [0.717, 1.165) is 11.3 Å². The van der Waals surface area contributed by atoms with E-state index in [0.29, 0.717) is 16.5 Å². The normalized spacial score (nSPS) is 12.4. The second-order valence-corrected chi connectivity index (χ2v) is 9.00. The smallest absolute Gasteiger partial charge is 0.336 e. The predicted molar refractivity (Wildman–Crippen MR) is 137 cm³/mol. The van der Waals surface area contributed by atoms with Crippen LogP contribution in [0, 0.1) is 0 Å². The van der Waals surface area contributed by atoms with E-state index in [4.69, 9.17) is 18.6 Å². The topological polar surface area (TPSA) is 112 Å². The lowest BCUT2D eigenvalue weighted by molar-refractivity contribution is -0.158. The highest BCUT2D eigenvalue weighted by Gasteiger charge is 2.20. The molecule has 0 amide bonds. The zero-order chi connectivity index (χ0) is 26.9. The number of benzene rings is 2. The number of carbonyl (C=O) groups is 3. The number of esters is 3. The van der Waals surface area contributed by atoms with Crippen LogP contribution in [0.3, 0.4) is 0 Å². The number of anilines is 1. The molecule has 9 heteroatoms. The van der Waals surface area contributed by atoms with Crippen molar-refractivity contribution in [2.75, 3.05) is 19.0 Å². The molecule has 37 heavy (non-hydrogen) atoms. The van der Waals surface area contributed by atoms with Crippen molar-refractivity contribution in [3.8, 4) is 0 Å². The minimum absolute atomic E-state index is 0.0913. The van der Waals surface area contributed by atoms with Gasteiger partial charge in [0.15, 0.2) is 0 Å². The van der Waals surface area contributed by atoms with E-state index in [-0.39, 0.29) is 25.9 Å². The van der Waals surface area contributed by atoms with Crippen LogP contribution >= 0.6 is 0 Å². The molecule has 1 aromatic heterocycles. The van der Waals surface area contributed by atoms with Gasteiger partial charge in [0, 0.05) is 37.3 Å². The molecule has 1 heterocycles. The van der Waals surface area contributed by atoms with Crippen molar-refractivity contribution < 1.29 is 33.0 Å². The summed E-state index contributed by atoms with van der Waals surface area (Å²) < 4.78 is 21.1. The van der Waals surface area contributed by atoms with Gasteiger partial charge in [-0.15, -0.1) is 0 Å². The maximum absolute atomic E-state index is 12.5. The molecule has 0 aliphatic rings. The van der Waals surface area contributed by atoms with Crippen LogP contribution in [0.25, 0.3) is 11.0 Å². The van der Waals surface area contributed by atoms with Crippen molar-refractivity contribution in [3.05, 3.63) is 76.1 Å². The Labute approximate surface area is 214 Å². The van der Waals surface area contributed by atoms with Gasteiger partial charge in [0.1, 0.15) is 24.4 Å².